The Morgan fingerprint density at radius 3 is 1.77 bits per heavy atom. The van der Waals surface area contributed by atoms with Gasteiger partial charge in [0.15, 0.2) is 11.6 Å². The Hall–Kier alpha value is -1.58. The monoisotopic (exact) mass is 532 g/mol. The number of benzene rings is 3. The maximum Gasteiger partial charge on any atom is 1.00 e. The number of aryl methyl sites for hydroxylation is 1. The zero-order valence-electron chi connectivity index (χ0n) is 18.8. The maximum absolute atomic E-state index is 13.3. The summed E-state index contributed by atoms with van der Waals surface area (Å²) in [5.41, 5.74) is 4.08. The van der Waals surface area contributed by atoms with Gasteiger partial charge in [-0.05, 0) is 30.7 Å². The summed E-state index contributed by atoms with van der Waals surface area (Å²) in [6, 6.07) is 10.3. The third kappa shape index (κ3) is 5.42. The standard InChI is InChI=1S/C21H16N2O8S2.2Na/c1-10-6-7-13(15(8-10)32(26,27)28)23-14-9-16(33(29,30)31)19(22)18-17(14)20(24)11-4-2-3-5-12(11)21(18)25;;/h2-9,23H,22H2,1H3,(H,26,27,28)(H,29,30,31);;/q;2*+1/p-2. The van der Waals surface area contributed by atoms with Crippen LogP contribution in [0.3, 0.4) is 0 Å². The summed E-state index contributed by atoms with van der Waals surface area (Å²) in [6.07, 6.45) is 0. The van der Waals surface area contributed by atoms with Crippen molar-refractivity contribution in [1.82, 2.24) is 0 Å². The van der Waals surface area contributed by atoms with Gasteiger partial charge in [-0.1, -0.05) is 30.3 Å². The second-order valence-corrected chi connectivity index (χ2v) is 10.0. The summed E-state index contributed by atoms with van der Waals surface area (Å²) >= 11 is 0. The van der Waals surface area contributed by atoms with E-state index in [0.29, 0.717) is 5.56 Å². The van der Waals surface area contributed by atoms with Crippen molar-refractivity contribution in [3.05, 3.63) is 76.3 Å². The number of fused-ring (bicyclic) bond motifs is 2. The molecule has 1 aliphatic carbocycles. The molecule has 3 aromatic rings. The van der Waals surface area contributed by atoms with Crippen LogP contribution in [0.2, 0.25) is 0 Å². The van der Waals surface area contributed by atoms with Gasteiger partial charge < -0.3 is 20.2 Å². The Balaban J connectivity index is 0.00000216. The largest absolute Gasteiger partial charge is 1.00 e. The van der Waals surface area contributed by atoms with Crippen molar-refractivity contribution in [2.75, 3.05) is 11.1 Å². The first-order chi connectivity index (χ1) is 15.3. The molecule has 4 rings (SSSR count). The molecule has 0 fully saturated rings. The molecule has 0 aromatic heterocycles. The fourth-order valence-corrected chi connectivity index (χ4v) is 5.04. The molecule has 10 nitrogen and oxygen atoms in total. The van der Waals surface area contributed by atoms with Crippen LogP contribution in [-0.2, 0) is 20.2 Å². The molecule has 0 unspecified atom stereocenters. The van der Waals surface area contributed by atoms with Crippen LogP contribution >= 0.6 is 0 Å². The molecule has 0 atom stereocenters. The van der Waals surface area contributed by atoms with E-state index in [0.717, 1.165) is 12.1 Å². The Kier molecular flexibility index (Phi) is 8.83. The van der Waals surface area contributed by atoms with E-state index in [1.54, 1.807) is 6.92 Å². The van der Waals surface area contributed by atoms with Crippen LogP contribution in [0.15, 0.2) is 58.3 Å². The van der Waals surface area contributed by atoms with Gasteiger partial charge in [0.25, 0.3) is 0 Å². The van der Waals surface area contributed by atoms with Crippen LogP contribution in [0, 0.1) is 6.92 Å². The number of rotatable bonds is 4. The van der Waals surface area contributed by atoms with Crippen LogP contribution in [0.4, 0.5) is 17.1 Å². The Bertz CT molecular complexity index is 1600. The third-order valence-corrected chi connectivity index (χ3v) is 6.90. The molecule has 0 spiro atoms. The van der Waals surface area contributed by atoms with Crippen molar-refractivity contribution in [3.63, 3.8) is 0 Å². The quantitative estimate of drug-likeness (QED) is 0.149. The third-order valence-electron chi connectivity index (χ3n) is 5.15. The SMILES string of the molecule is Cc1ccc(Nc2cc(S(=O)(=O)[O-])c(N)c3c2C(=O)c2ccccc2C3=O)c(S(=O)(=O)[O-])c1.[Na+].[Na+]. The second kappa shape index (κ2) is 10.4. The van der Waals surface area contributed by atoms with Crippen molar-refractivity contribution in [2.45, 2.75) is 16.7 Å². The molecule has 1 aliphatic rings. The molecule has 3 aromatic carbocycles. The van der Waals surface area contributed by atoms with E-state index < -0.39 is 52.8 Å². The predicted octanol–water partition coefficient (Wildman–Crippen LogP) is -4.09. The van der Waals surface area contributed by atoms with Crippen LogP contribution < -0.4 is 70.2 Å². The van der Waals surface area contributed by atoms with Crippen molar-refractivity contribution >= 4 is 48.9 Å². The number of anilines is 3. The van der Waals surface area contributed by atoms with E-state index >= 15 is 0 Å². The van der Waals surface area contributed by atoms with Gasteiger partial charge in [0.05, 0.1) is 38.0 Å². The van der Waals surface area contributed by atoms with Gasteiger partial charge in [0, 0.05) is 11.1 Å². The summed E-state index contributed by atoms with van der Waals surface area (Å²) in [7, 11) is -10.2. The van der Waals surface area contributed by atoms with Crippen LogP contribution in [0.5, 0.6) is 0 Å². The van der Waals surface area contributed by atoms with Crippen LogP contribution in [0.25, 0.3) is 0 Å². The second-order valence-electron chi connectivity index (χ2n) is 7.32. The molecular formula is C21H14N2Na2O8S2. The first kappa shape index (κ1) is 29.6. The van der Waals surface area contributed by atoms with Crippen LogP contribution in [-0.4, -0.2) is 37.5 Å². The molecule has 0 amide bonds. The predicted molar refractivity (Wildman–Crippen MR) is 115 cm³/mol. The van der Waals surface area contributed by atoms with Gasteiger partial charge in [-0.15, -0.1) is 0 Å². The first-order valence-electron chi connectivity index (χ1n) is 9.25. The number of hydrogen-bond acceptors (Lipinski definition) is 10. The Morgan fingerprint density at radius 2 is 1.26 bits per heavy atom. The van der Waals surface area contributed by atoms with E-state index in [1.165, 1.54) is 36.4 Å². The molecule has 0 saturated carbocycles. The fourth-order valence-electron chi connectivity index (χ4n) is 3.68. The first-order valence-corrected chi connectivity index (χ1v) is 12.1. The summed E-state index contributed by atoms with van der Waals surface area (Å²) in [5.74, 6) is -1.49. The summed E-state index contributed by atoms with van der Waals surface area (Å²) < 4.78 is 70.8. The number of ketones is 2. The van der Waals surface area contributed by atoms with E-state index in [4.69, 9.17) is 5.73 Å². The molecule has 14 heteroatoms. The van der Waals surface area contributed by atoms with Crippen molar-refractivity contribution < 1.29 is 94.6 Å². The van der Waals surface area contributed by atoms with E-state index in [2.05, 4.69) is 5.32 Å². The smallest absolute Gasteiger partial charge is 0.744 e. The van der Waals surface area contributed by atoms with Gasteiger partial charge in [0.2, 0.25) is 0 Å². The van der Waals surface area contributed by atoms with Crippen molar-refractivity contribution in [3.8, 4) is 0 Å². The van der Waals surface area contributed by atoms with Gasteiger partial charge in [-0.3, -0.25) is 9.59 Å². The molecule has 3 N–H and O–H groups in total. The fraction of sp³-hybridized carbons (Fsp3) is 0.0476. The molecule has 0 radical (unpaired) electrons. The minimum Gasteiger partial charge on any atom is -0.744 e. The van der Waals surface area contributed by atoms with E-state index in [9.17, 15) is 35.5 Å². The molecule has 0 heterocycles. The molecule has 0 saturated heterocycles. The average molecular weight is 532 g/mol. The molecule has 35 heavy (non-hydrogen) atoms. The van der Waals surface area contributed by atoms with Crippen LogP contribution in [0.1, 0.15) is 37.4 Å². The number of nitrogens with two attached hydrogens (primary N) is 1. The number of nitrogens with one attached hydrogen (secondary N) is 1. The summed E-state index contributed by atoms with van der Waals surface area (Å²) in [4.78, 5) is 24.7. The summed E-state index contributed by atoms with van der Waals surface area (Å²) in [5, 5.41) is 2.54. The maximum atomic E-state index is 13.3. The summed E-state index contributed by atoms with van der Waals surface area (Å²) in [6.45, 7) is 1.55. The van der Waals surface area contributed by atoms with E-state index in [1.807, 2.05) is 0 Å². The Labute approximate surface area is 245 Å². The normalized spacial score (nSPS) is 12.7. The number of carbonyl (C=O) groups excluding carboxylic acids is 2. The molecular weight excluding hydrogens is 518 g/mol. The zero-order valence-corrected chi connectivity index (χ0v) is 24.4. The molecule has 0 bridgehead atoms. The number of carbonyl (C=O) groups is 2. The zero-order chi connectivity index (χ0) is 24.3. The Morgan fingerprint density at radius 1 is 0.743 bits per heavy atom. The van der Waals surface area contributed by atoms with Gasteiger partial charge in [-0.2, -0.15) is 0 Å². The van der Waals surface area contributed by atoms with Crippen molar-refractivity contribution in [1.29, 1.82) is 0 Å². The topological polar surface area (TPSA) is 187 Å². The van der Waals surface area contributed by atoms with Gasteiger partial charge in [0.1, 0.15) is 20.2 Å². The minimum atomic E-state index is -5.20. The van der Waals surface area contributed by atoms with Gasteiger partial charge >= 0.3 is 59.1 Å². The molecule has 170 valence electrons. The van der Waals surface area contributed by atoms with Gasteiger partial charge in [-0.25, -0.2) is 16.8 Å². The van der Waals surface area contributed by atoms with E-state index in [-0.39, 0.29) is 87.2 Å². The average Bonchev–Trinajstić information content (AvgIpc) is 2.72. The minimum absolute atomic E-state index is 0. The molecule has 0 aliphatic heterocycles. The number of nitrogen functional groups attached to an aromatic ring is 1. The van der Waals surface area contributed by atoms with Crippen molar-refractivity contribution in [2.24, 2.45) is 0 Å². The number of hydrogen-bond donors (Lipinski definition) is 2.